The van der Waals surface area contributed by atoms with Gasteiger partial charge in [0.25, 0.3) is 0 Å². The van der Waals surface area contributed by atoms with Crippen LogP contribution in [0.5, 0.6) is 0 Å². The lowest BCUT2D eigenvalue weighted by atomic mass is 10.0. The maximum atomic E-state index is 12.3. The summed E-state index contributed by atoms with van der Waals surface area (Å²) < 4.78 is 0. The Labute approximate surface area is 130 Å². The fourth-order valence-corrected chi connectivity index (χ4v) is 4.53. The Bertz CT molecular complexity index is 378. The summed E-state index contributed by atoms with van der Waals surface area (Å²) in [5.74, 6) is 0.692. The summed E-state index contributed by atoms with van der Waals surface area (Å²) in [6.07, 6.45) is 5.29. The van der Waals surface area contributed by atoms with Crippen molar-refractivity contribution in [2.24, 2.45) is 5.92 Å². The molecule has 0 bridgehead atoms. The fourth-order valence-electron chi connectivity index (χ4n) is 3.33. The van der Waals surface area contributed by atoms with E-state index >= 15 is 0 Å². The predicted molar refractivity (Wildman–Crippen MR) is 84.6 cm³/mol. The molecule has 1 saturated carbocycles. The van der Waals surface area contributed by atoms with Gasteiger partial charge in [-0.25, -0.2) is 4.79 Å². The smallest absolute Gasteiger partial charge is 0.317 e. The zero-order chi connectivity index (χ0) is 15.2. The van der Waals surface area contributed by atoms with Crippen molar-refractivity contribution < 1.29 is 14.7 Å². The van der Waals surface area contributed by atoms with Gasteiger partial charge < -0.3 is 15.3 Å². The van der Waals surface area contributed by atoms with E-state index in [9.17, 15) is 9.59 Å². The van der Waals surface area contributed by atoms with E-state index < -0.39 is 5.97 Å². The lowest BCUT2D eigenvalue weighted by Gasteiger charge is -2.24. The number of aliphatic carboxylic acids is 1. The van der Waals surface area contributed by atoms with E-state index in [0.29, 0.717) is 30.2 Å². The Morgan fingerprint density at radius 3 is 2.86 bits per heavy atom. The molecule has 3 atom stereocenters. The molecular formula is C15H26N2O3S. The number of urea groups is 1. The topological polar surface area (TPSA) is 69.6 Å². The number of hydrogen-bond acceptors (Lipinski definition) is 3. The van der Waals surface area contributed by atoms with Gasteiger partial charge in [-0.3, -0.25) is 4.79 Å². The Hall–Kier alpha value is -0.910. The van der Waals surface area contributed by atoms with Crippen LogP contribution in [0.2, 0.25) is 0 Å². The van der Waals surface area contributed by atoms with Crippen molar-refractivity contribution >= 4 is 23.8 Å². The van der Waals surface area contributed by atoms with Gasteiger partial charge in [0.15, 0.2) is 0 Å². The van der Waals surface area contributed by atoms with Gasteiger partial charge in [-0.15, -0.1) is 0 Å². The number of carboxylic acids is 1. The zero-order valence-corrected chi connectivity index (χ0v) is 13.5. The van der Waals surface area contributed by atoms with Crippen molar-refractivity contribution in [3.8, 4) is 0 Å². The van der Waals surface area contributed by atoms with Crippen LogP contribution in [0.25, 0.3) is 0 Å². The minimum atomic E-state index is -0.747. The maximum Gasteiger partial charge on any atom is 0.317 e. The van der Waals surface area contributed by atoms with Gasteiger partial charge in [0.05, 0.1) is 0 Å². The Morgan fingerprint density at radius 2 is 2.14 bits per heavy atom. The van der Waals surface area contributed by atoms with Crippen molar-refractivity contribution in [1.29, 1.82) is 0 Å². The van der Waals surface area contributed by atoms with Crippen LogP contribution in [0.4, 0.5) is 4.79 Å². The van der Waals surface area contributed by atoms with E-state index in [1.165, 1.54) is 12.8 Å². The van der Waals surface area contributed by atoms with Gasteiger partial charge in [0.2, 0.25) is 0 Å². The number of likely N-dealkylation sites (tertiary alicyclic amines) is 1. The molecule has 2 amide bonds. The summed E-state index contributed by atoms with van der Waals surface area (Å²) in [4.78, 5) is 24.8. The van der Waals surface area contributed by atoms with Crippen molar-refractivity contribution in [2.45, 2.75) is 56.7 Å². The highest BCUT2D eigenvalue weighted by Gasteiger charge is 2.32. The molecule has 2 rings (SSSR count). The van der Waals surface area contributed by atoms with Crippen LogP contribution >= 0.6 is 11.8 Å². The first kappa shape index (κ1) is 16.5. The lowest BCUT2D eigenvalue weighted by molar-refractivity contribution is -0.137. The average molecular weight is 314 g/mol. The Balaban J connectivity index is 1.75. The lowest BCUT2D eigenvalue weighted by Crippen LogP contribution is -2.46. The van der Waals surface area contributed by atoms with E-state index in [1.807, 2.05) is 16.7 Å². The predicted octanol–water partition coefficient (Wildman–Crippen LogP) is 2.56. The standard InChI is InChI=1S/C15H26N2O3S/c1-2-21-13-5-3-4-12(13)16-15(20)17-9-8-11(10-17)6-7-14(18)19/h11-13H,2-10H2,1H3,(H,16,20)(H,18,19). The molecule has 120 valence electrons. The molecule has 0 aromatic heterocycles. The van der Waals surface area contributed by atoms with Crippen molar-refractivity contribution in [2.75, 3.05) is 18.8 Å². The summed E-state index contributed by atoms with van der Waals surface area (Å²) in [5.41, 5.74) is 0. The van der Waals surface area contributed by atoms with Crippen molar-refractivity contribution in [3.05, 3.63) is 0 Å². The molecule has 2 fully saturated rings. The van der Waals surface area contributed by atoms with Gasteiger partial charge in [-0.1, -0.05) is 13.3 Å². The summed E-state index contributed by atoms with van der Waals surface area (Å²) in [7, 11) is 0. The maximum absolute atomic E-state index is 12.3. The molecule has 1 aliphatic heterocycles. The monoisotopic (exact) mass is 314 g/mol. The summed E-state index contributed by atoms with van der Waals surface area (Å²) in [5, 5.41) is 12.5. The molecule has 2 N–H and O–H groups in total. The second-order valence-corrected chi connectivity index (χ2v) is 7.53. The van der Waals surface area contributed by atoms with Crippen LogP contribution in [0.15, 0.2) is 0 Å². The number of amides is 2. The number of nitrogens with one attached hydrogen (secondary N) is 1. The molecule has 0 spiro atoms. The van der Waals surface area contributed by atoms with Gasteiger partial charge in [-0.2, -0.15) is 11.8 Å². The first-order valence-electron chi connectivity index (χ1n) is 7.99. The van der Waals surface area contributed by atoms with Crippen LogP contribution in [0.3, 0.4) is 0 Å². The largest absolute Gasteiger partial charge is 0.481 e. The number of carbonyl (C=O) groups excluding carboxylic acids is 1. The fraction of sp³-hybridized carbons (Fsp3) is 0.867. The minimum Gasteiger partial charge on any atom is -0.481 e. The van der Waals surface area contributed by atoms with Gasteiger partial charge in [-0.05, 0) is 37.4 Å². The van der Waals surface area contributed by atoms with E-state index in [0.717, 1.165) is 25.1 Å². The normalized spacial score (nSPS) is 28.8. The van der Waals surface area contributed by atoms with Crippen LogP contribution in [-0.2, 0) is 4.79 Å². The number of rotatable bonds is 6. The molecule has 0 radical (unpaired) electrons. The number of nitrogens with zero attached hydrogens (tertiary/aromatic N) is 1. The number of hydrogen-bond donors (Lipinski definition) is 2. The minimum absolute atomic E-state index is 0.0430. The highest BCUT2D eigenvalue weighted by Crippen LogP contribution is 2.30. The van der Waals surface area contributed by atoms with Gasteiger partial charge in [0, 0.05) is 30.8 Å². The quantitative estimate of drug-likeness (QED) is 0.790. The highest BCUT2D eigenvalue weighted by atomic mass is 32.2. The first-order chi connectivity index (χ1) is 10.1. The molecule has 1 aliphatic carbocycles. The third-order valence-corrected chi connectivity index (χ3v) is 5.81. The molecule has 1 saturated heterocycles. The first-order valence-corrected chi connectivity index (χ1v) is 9.03. The van der Waals surface area contributed by atoms with E-state index in [1.54, 1.807) is 0 Å². The Kier molecular flexibility index (Phi) is 6.21. The molecular weight excluding hydrogens is 288 g/mol. The average Bonchev–Trinajstić information content (AvgIpc) is 3.07. The molecule has 0 aromatic rings. The Morgan fingerprint density at radius 1 is 1.33 bits per heavy atom. The summed E-state index contributed by atoms with van der Waals surface area (Å²) in [6.45, 7) is 3.63. The molecule has 1 heterocycles. The number of carboxylic acid groups (broad SMARTS) is 1. The van der Waals surface area contributed by atoms with Crippen LogP contribution < -0.4 is 5.32 Å². The van der Waals surface area contributed by atoms with Crippen LogP contribution in [-0.4, -0.2) is 52.1 Å². The van der Waals surface area contributed by atoms with E-state index in [4.69, 9.17) is 5.11 Å². The molecule has 6 heteroatoms. The van der Waals surface area contributed by atoms with Gasteiger partial charge >= 0.3 is 12.0 Å². The number of carbonyl (C=O) groups is 2. The SMILES string of the molecule is CCSC1CCCC1NC(=O)N1CCC(CCC(=O)O)C1. The second kappa shape index (κ2) is 7.92. The van der Waals surface area contributed by atoms with Crippen molar-refractivity contribution in [3.63, 3.8) is 0 Å². The number of thioether (sulfide) groups is 1. The molecule has 3 unspecified atom stereocenters. The molecule has 2 aliphatic rings. The van der Waals surface area contributed by atoms with Gasteiger partial charge in [0.1, 0.15) is 0 Å². The summed E-state index contributed by atoms with van der Waals surface area (Å²) in [6, 6.07) is 0.349. The van der Waals surface area contributed by atoms with Crippen LogP contribution in [0.1, 0.15) is 45.4 Å². The van der Waals surface area contributed by atoms with Crippen molar-refractivity contribution in [1.82, 2.24) is 10.2 Å². The molecule has 21 heavy (non-hydrogen) atoms. The molecule has 0 aromatic carbocycles. The molecule has 5 nitrogen and oxygen atoms in total. The third kappa shape index (κ3) is 4.80. The third-order valence-electron chi connectivity index (χ3n) is 4.48. The van der Waals surface area contributed by atoms with E-state index in [-0.39, 0.29) is 12.5 Å². The summed E-state index contributed by atoms with van der Waals surface area (Å²) >= 11 is 1.94. The van der Waals surface area contributed by atoms with E-state index in [2.05, 4.69) is 12.2 Å². The zero-order valence-electron chi connectivity index (χ0n) is 12.7. The highest BCUT2D eigenvalue weighted by molar-refractivity contribution is 7.99. The van der Waals surface area contributed by atoms with Crippen LogP contribution in [0, 0.1) is 5.92 Å². The second-order valence-electron chi connectivity index (χ2n) is 6.01.